The van der Waals surface area contributed by atoms with Crippen molar-refractivity contribution < 1.29 is 18.3 Å². The SMILES string of the molecule is CCCCCCCCCCCCOC1=C(C)C(=N)C(=N[SeH])C(c2ccc(-c3ccc(-c4ccc(-c5c(OCCCCCCCCCCCC)c(C)c(-c6cc7c(-c8ccc(CC(CC)CCCC)s8)c8sc(C)cc8c(-c8ccc(CC(CC)CCCC)s8)c7s6)c6n[se]nc56)s4)c(F)c3F)s2)=C1C. The number of allylic oxidation sites excluding steroid dienone is 3. The second-order valence-electron chi connectivity index (χ2n) is 29.1. The monoisotopic (exact) mass is 1640 g/mol. The van der Waals surface area contributed by atoms with Gasteiger partial charge >= 0.3 is 514 Å². The molecule has 1 N–H and O–H groups in total. The fourth-order valence-electron chi connectivity index (χ4n) is 15.3. The first-order valence-corrected chi connectivity index (χ1v) is 46.7. The molecule has 2 atom stereocenters. The van der Waals surface area contributed by atoms with Gasteiger partial charge in [-0.15, -0.1) is 0 Å². The Bertz CT molecular complexity index is 4490. The summed E-state index contributed by atoms with van der Waals surface area (Å²) in [7, 11) is 0. The van der Waals surface area contributed by atoms with Crippen LogP contribution in [0.5, 0.6) is 5.75 Å². The van der Waals surface area contributed by atoms with Crippen molar-refractivity contribution in [2.24, 2.45) is 15.8 Å². The number of aromatic nitrogens is 2. The molecule has 0 aliphatic heterocycles. The summed E-state index contributed by atoms with van der Waals surface area (Å²) in [5.41, 5.74) is 11.0. The zero-order valence-electron chi connectivity index (χ0n) is 63.4. The number of benzene rings is 3. The maximum absolute atomic E-state index is 17.2. The molecule has 0 amide bonds. The summed E-state index contributed by atoms with van der Waals surface area (Å²) in [6, 6.07) is 25.8. The Morgan fingerprint density at radius 2 is 0.904 bits per heavy atom. The van der Waals surface area contributed by atoms with E-state index in [-0.39, 0.29) is 11.1 Å². The maximum atomic E-state index is 17.2. The number of aryl methyl sites for hydroxylation is 1. The molecule has 6 nitrogen and oxygen atoms in total. The van der Waals surface area contributed by atoms with Crippen molar-refractivity contribution in [1.82, 2.24) is 7.96 Å². The number of halogens is 2. The van der Waals surface area contributed by atoms with Crippen molar-refractivity contribution in [1.29, 1.82) is 5.41 Å². The number of hydrogen-bond donors (Lipinski definition) is 1. The van der Waals surface area contributed by atoms with Crippen LogP contribution in [0.15, 0.2) is 93.7 Å². The summed E-state index contributed by atoms with van der Waals surface area (Å²) in [5, 5.41) is 11.8. The van der Waals surface area contributed by atoms with Crippen LogP contribution in [0.25, 0.3) is 99.4 Å². The van der Waals surface area contributed by atoms with E-state index in [1.54, 1.807) is 12.1 Å². The quantitative estimate of drug-likeness (QED) is 0.0235. The summed E-state index contributed by atoms with van der Waals surface area (Å²) in [6.07, 6.45) is 36.8. The Morgan fingerprint density at radius 3 is 1.42 bits per heavy atom. The number of nitrogens with one attached hydrogen (secondary N) is 1. The van der Waals surface area contributed by atoms with Gasteiger partial charge in [0.25, 0.3) is 0 Å². The molecule has 10 aromatic rings. The molecule has 7 aromatic heterocycles. The normalized spacial score (nSPS) is 14.0. The second-order valence-corrected chi connectivity index (χ2v) is 37.4. The van der Waals surface area contributed by atoms with Gasteiger partial charge in [0.2, 0.25) is 0 Å². The number of unbranched alkanes of at least 4 members (excludes halogenated alkanes) is 20. The van der Waals surface area contributed by atoms with Gasteiger partial charge in [0.05, 0.1) is 0 Å². The number of rotatable bonds is 43. The third-order valence-corrected chi connectivity index (χ3v) is 29.7. The Morgan fingerprint density at radius 1 is 0.462 bits per heavy atom. The zero-order chi connectivity index (χ0) is 73.2. The van der Waals surface area contributed by atoms with E-state index in [1.165, 1.54) is 232 Å². The number of thiophene rings is 6. The average Bonchev–Trinajstić information content (AvgIpc) is 1.55. The number of hydrogen-bond acceptors (Lipinski definition) is 12. The first-order chi connectivity index (χ1) is 50.7. The summed E-state index contributed by atoms with van der Waals surface area (Å²) in [4.78, 5) is 11.0. The molecule has 16 heteroatoms. The molecule has 1 aliphatic rings. The van der Waals surface area contributed by atoms with Gasteiger partial charge in [0.1, 0.15) is 0 Å². The molecule has 0 bridgehead atoms. The second kappa shape index (κ2) is 39.6. The van der Waals surface area contributed by atoms with Crippen molar-refractivity contribution in [3.8, 4) is 68.4 Å². The van der Waals surface area contributed by atoms with Gasteiger partial charge in [0.15, 0.2) is 0 Å². The van der Waals surface area contributed by atoms with Crippen LogP contribution in [-0.4, -0.2) is 63.8 Å². The number of ether oxygens (including phenoxy) is 2. The van der Waals surface area contributed by atoms with Gasteiger partial charge in [-0.1, -0.05) is 151 Å². The molecule has 11 rings (SSSR count). The molecule has 3 aromatic carbocycles. The predicted molar refractivity (Wildman–Crippen MR) is 458 cm³/mol. The minimum atomic E-state index is -0.896. The summed E-state index contributed by atoms with van der Waals surface area (Å²) >= 11 is 12.5. The topological polar surface area (TPSA) is 80.5 Å². The first-order valence-electron chi connectivity index (χ1n) is 39.4. The Kier molecular flexibility index (Phi) is 30.6. The van der Waals surface area contributed by atoms with Crippen LogP contribution >= 0.6 is 68.0 Å². The van der Waals surface area contributed by atoms with Crippen LogP contribution < -0.4 is 4.74 Å². The molecule has 0 fully saturated rings. The number of fused-ring (bicyclic) bond motifs is 3. The van der Waals surface area contributed by atoms with E-state index in [9.17, 15) is 5.41 Å². The van der Waals surface area contributed by atoms with E-state index >= 15 is 8.78 Å². The van der Waals surface area contributed by atoms with E-state index in [1.807, 2.05) is 83.5 Å². The fraction of sp³-hybridized carbons (Fsp3) is 0.500. The van der Waals surface area contributed by atoms with Crippen LogP contribution in [-0.2, 0) is 17.6 Å². The van der Waals surface area contributed by atoms with Crippen LogP contribution in [0.2, 0.25) is 0 Å². The molecular weight excluding hydrogens is 1530 g/mol. The molecule has 556 valence electrons. The molecule has 0 saturated heterocycles. The van der Waals surface area contributed by atoms with E-state index in [2.05, 4.69) is 112 Å². The first kappa shape index (κ1) is 80.3. The molecule has 0 saturated carbocycles. The van der Waals surface area contributed by atoms with Crippen LogP contribution in [0, 0.1) is 42.7 Å². The van der Waals surface area contributed by atoms with Crippen LogP contribution in [0.4, 0.5) is 8.78 Å². The fourth-order valence-corrected chi connectivity index (χ4v) is 24.0. The van der Waals surface area contributed by atoms with E-state index in [0.29, 0.717) is 52.0 Å². The molecule has 0 spiro atoms. The van der Waals surface area contributed by atoms with Crippen molar-refractivity contribution in [2.75, 3.05) is 13.2 Å². The molecule has 7 heterocycles. The van der Waals surface area contributed by atoms with Gasteiger partial charge in [-0.2, -0.15) is 0 Å². The Balaban J connectivity index is 0.944. The summed E-state index contributed by atoms with van der Waals surface area (Å²) in [6.45, 7) is 23.5. The van der Waals surface area contributed by atoms with Crippen molar-refractivity contribution >= 4 is 147 Å². The molecule has 104 heavy (non-hydrogen) atoms. The minimum absolute atomic E-state index is 0.189. The van der Waals surface area contributed by atoms with Gasteiger partial charge in [-0.3, -0.25) is 0 Å². The predicted octanol–water partition coefficient (Wildman–Crippen LogP) is 29.4. The third kappa shape index (κ3) is 18.9. The summed E-state index contributed by atoms with van der Waals surface area (Å²) < 4.78 is 65.9. The Labute approximate surface area is 658 Å². The molecule has 2 unspecified atom stereocenters. The van der Waals surface area contributed by atoms with Gasteiger partial charge in [-0.25, -0.2) is 0 Å². The van der Waals surface area contributed by atoms with Crippen LogP contribution in [0.3, 0.4) is 0 Å². The molecular formula is C88H110F2N4O2S6Se2. The molecule has 1 aliphatic carbocycles. The van der Waals surface area contributed by atoms with Gasteiger partial charge < -0.3 is 0 Å². The zero-order valence-corrected chi connectivity index (χ0v) is 71.9. The van der Waals surface area contributed by atoms with E-state index in [0.717, 1.165) is 103 Å². The van der Waals surface area contributed by atoms with Crippen molar-refractivity contribution in [2.45, 2.75) is 262 Å². The van der Waals surface area contributed by atoms with E-state index in [4.69, 9.17) is 17.4 Å². The van der Waals surface area contributed by atoms with Crippen LogP contribution in [0.1, 0.15) is 260 Å². The summed E-state index contributed by atoms with van der Waals surface area (Å²) in [5.74, 6) is 1.07. The van der Waals surface area contributed by atoms with Crippen molar-refractivity contribution in [3.63, 3.8) is 0 Å². The van der Waals surface area contributed by atoms with E-state index < -0.39 is 26.6 Å². The Hall–Kier alpha value is -4.70. The average molecular weight is 1640 g/mol. The molecule has 0 radical (unpaired) electrons. The van der Waals surface area contributed by atoms with Gasteiger partial charge in [0, 0.05) is 0 Å². The van der Waals surface area contributed by atoms with Gasteiger partial charge in [-0.05, 0) is 0 Å². The van der Waals surface area contributed by atoms with Crippen molar-refractivity contribution in [3.05, 3.63) is 126 Å². The number of nitrogens with zero attached hydrogens (tertiary/aromatic N) is 3. The third-order valence-electron chi connectivity index (χ3n) is 21.4. The standard InChI is InChI=1S/C88H110F2N4O2S6Se2/c1-11-17-21-23-25-27-29-31-33-35-49-95-85-56(8)74(82(92-103)81(91)58(85)10)69-47-45-67(100-69)63-41-42-64(80(90)79(63)89)68-46-48-72(101-68)78-84-83(93-104-94-84)75(57(9)86(78)96-50-36-34-32-30-28-26-24-22-18-12-2)73-54-66-77(71-44-40-62(99-71)53-60(16-6)38-20-14-4)87-65(51-55(7)97-87)76(88(66)102-73)70-43-39-61(98-70)52-59(15-5)37-19-13-3/h39-48,51,54,59-60,91,103H,11-38,49-50,52-53H2,1-10H3.